The highest BCUT2D eigenvalue weighted by atomic mass is 19.1. The molecule has 1 aromatic heterocycles. The van der Waals surface area contributed by atoms with Gasteiger partial charge in [0.05, 0.1) is 6.54 Å². The monoisotopic (exact) mass is 355 g/mol. The number of aromatic nitrogens is 1. The molecule has 2 amide bonds. The van der Waals surface area contributed by atoms with Crippen molar-refractivity contribution in [3.05, 3.63) is 59.7 Å². The molecule has 2 aromatic carbocycles. The van der Waals surface area contributed by atoms with Crippen molar-refractivity contribution in [3.8, 4) is 0 Å². The summed E-state index contributed by atoms with van der Waals surface area (Å²) in [4.78, 5) is 28.3. The van der Waals surface area contributed by atoms with Crippen LogP contribution in [0.2, 0.25) is 0 Å². The van der Waals surface area contributed by atoms with Crippen LogP contribution in [0.25, 0.3) is 11.1 Å². The van der Waals surface area contributed by atoms with Gasteiger partial charge in [-0.15, -0.1) is 0 Å². The lowest BCUT2D eigenvalue weighted by molar-refractivity contribution is -0.115. The van der Waals surface area contributed by atoms with Crippen molar-refractivity contribution < 1.29 is 18.4 Å². The number of hydrogen-bond donors (Lipinski definition) is 2. The van der Waals surface area contributed by atoms with Crippen molar-refractivity contribution >= 4 is 28.6 Å². The van der Waals surface area contributed by atoms with E-state index >= 15 is 0 Å². The fourth-order valence-electron chi connectivity index (χ4n) is 2.34. The molecule has 0 atom stereocenters. The first kappa shape index (κ1) is 17.6. The summed E-state index contributed by atoms with van der Waals surface area (Å²) in [6.07, 6.45) is 0. The smallest absolute Gasteiger partial charge is 0.251 e. The van der Waals surface area contributed by atoms with Gasteiger partial charge in [-0.05, 0) is 42.5 Å². The number of anilines is 1. The lowest BCUT2D eigenvalue weighted by Gasteiger charge is -2.07. The molecule has 0 bridgehead atoms. The molecule has 3 aromatic rings. The van der Waals surface area contributed by atoms with Crippen LogP contribution in [0, 0.1) is 5.82 Å². The molecule has 0 aliphatic rings. The van der Waals surface area contributed by atoms with Crippen LogP contribution in [0.15, 0.2) is 46.9 Å². The zero-order valence-corrected chi connectivity index (χ0v) is 14.4. The number of rotatable bonds is 5. The molecule has 3 rings (SSSR count). The first-order chi connectivity index (χ1) is 12.4. The second-order valence-electron chi connectivity index (χ2n) is 6.13. The molecule has 2 N–H and O–H groups in total. The van der Waals surface area contributed by atoms with Gasteiger partial charge in [0, 0.05) is 17.2 Å². The Morgan fingerprint density at radius 1 is 1.15 bits per heavy atom. The third-order valence-electron chi connectivity index (χ3n) is 3.70. The van der Waals surface area contributed by atoms with E-state index in [1.54, 1.807) is 18.2 Å². The Morgan fingerprint density at radius 2 is 1.88 bits per heavy atom. The van der Waals surface area contributed by atoms with Crippen LogP contribution in [0.3, 0.4) is 0 Å². The van der Waals surface area contributed by atoms with E-state index in [1.807, 2.05) is 13.8 Å². The highest BCUT2D eigenvalue weighted by Crippen LogP contribution is 2.23. The average molecular weight is 355 g/mol. The Kier molecular flexibility index (Phi) is 4.97. The third kappa shape index (κ3) is 4.05. The second-order valence-corrected chi connectivity index (χ2v) is 6.13. The molecule has 0 radical (unpaired) electrons. The summed E-state index contributed by atoms with van der Waals surface area (Å²) >= 11 is 0. The molecular formula is C19H18FN3O3. The second kappa shape index (κ2) is 7.35. The summed E-state index contributed by atoms with van der Waals surface area (Å²) in [6, 6.07) is 10.2. The normalized spacial score (nSPS) is 10.9. The topological polar surface area (TPSA) is 84.2 Å². The number of carbonyl (C=O) groups excluding carboxylic acids is 2. The Bertz CT molecular complexity index is 948. The number of nitrogens with one attached hydrogen (secondary N) is 2. The van der Waals surface area contributed by atoms with Crippen molar-refractivity contribution in [1.82, 2.24) is 10.3 Å². The average Bonchev–Trinajstić information content (AvgIpc) is 3.04. The van der Waals surface area contributed by atoms with Crippen LogP contribution in [0.5, 0.6) is 0 Å². The maximum atomic E-state index is 12.9. The molecule has 0 spiro atoms. The molecule has 1 heterocycles. The number of oxazole rings is 1. The number of amides is 2. The summed E-state index contributed by atoms with van der Waals surface area (Å²) < 4.78 is 18.5. The molecular weight excluding hydrogens is 337 g/mol. The van der Waals surface area contributed by atoms with Crippen molar-refractivity contribution in [1.29, 1.82) is 0 Å². The largest absolute Gasteiger partial charge is 0.440 e. The van der Waals surface area contributed by atoms with Crippen molar-refractivity contribution in [2.24, 2.45) is 0 Å². The zero-order chi connectivity index (χ0) is 18.7. The Hall–Kier alpha value is -3.22. The molecule has 0 saturated carbocycles. The maximum Gasteiger partial charge on any atom is 0.251 e. The van der Waals surface area contributed by atoms with Crippen LogP contribution in [-0.2, 0) is 4.79 Å². The van der Waals surface area contributed by atoms with Crippen LogP contribution < -0.4 is 10.6 Å². The van der Waals surface area contributed by atoms with E-state index < -0.39 is 11.7 Å². The zero-order valence-electron chi connectivity index (χ0n) is 14.4. The summed E-state index contributed by atoms with van der Waals surface area (Å²) in [7, 11) is 0. The molecule has 0 saturated heterocycles. The van der Waals surface area contributed by atoms with Gasteiger partial charge in [0.1, 0.15) is 11.3 Å². The number of carbonyl (C=O) groups is 2. The molecule has 0 unspecified atom stereocenters. The van der Waals surface area contributed by atoms with Crippen molar-refractivity contribution in [2.45, 2.75) is 19.8 Å². The SMILES string of the molecule is CC(C)c1nc2cc(NC(=O)CNC(=O)c3ccc(F)cc3)ccc2o1. The van der Waals surface area contributed by atoms with Gasteiger partial charge in [0.2, 0.25) is 5.91 Å². The van der Waals surface area contributed by atoms with E-state index in [4.69, 9.17) is 4.42 Å². The highest BCUT2D eigenvalue weighted by Gasteiger charge is 2.12. The lowest BCUT2D eigenvalue weighted by atomic mass is 10.2. The van der Waals surface area contributed by atoms with Gasteiger partial charge < -0.3 is 15.1 Å². The lowest BCUT2D eigenvalue weighted by Crippen LogP contribution is -2.32. The Labute approximate surface area is 149 Å². The molecule has 7 heteroatoms. The predicted molar refractivity (Wildman–Crippen MR) is 95.5 cm³/mol. The van der Waals surface area contributed by atoms with Crippen LogP contribution in [0.4, 0.5) is 10.1 Å². The molecule has 26 heavy (non-hydrogen) atoms. The van der Waals surface area contributed by atoms with Crippen molar-refractivity contribution in [2.75, 3.05) is 11.9 Å². The summed E-state index contributed by atoms with van der Waals surface area (Å²) in [5.41, 5.74) is 2.14. The number of benzene rings is 2. The van der Waals surface area contributed by atoms with E-state index in [0.717, 1.165) is 0 Å². The fourth-order valence-corrected chi connectivity index (χ4v) is 2.34. The van der Waals surface area contributed by atoms with E-state index in [0.29, 0.717) is 22.7 Å². The van der Waals surface area contributed by atoms with Gasteiger partial charge in [-0.3, -0.25) is 9.59 Å². The molecule has 0 aliphatic heterocycles. The van der Waals surface area contributed by atoms with Crippen LogP contribution in [-0.4, -0.2) is 23.3 Å². The van der Waals surface area contributed by atoms with Gasteiger partial charge >= 0.3 is 0 Å². The summed E-state index contributed by atoms with van der Waals surface area (Å²) in [5.74, 6) is -0.457. The van der Waals surface area contributed by atoms with Gasteiger partial charge in [0.15, 0.2) is 11.5 Å². The van der Waals surface area contributed by atoms with Gasteiger partial charge in [-0.1, -0.05) is 13.8 Å². The molecule has 134 valence electrons. The van der Waals surface area contributed by atoms with E-state index in [1.165, 1.54) is 24.3 Å². The highest BCUT2D eigenvalue weighted by molar-refractivity contribution is 5.99. The van der Waals surface area contributed by atoms with Crippen LogP contribution >= 0.6 is 0 Å². The fraction of sp³-hybridized carbons (Fsp3) is 0.211. The minimum absolute atomic E-state index is 0.169. The minimum atomic E-state index is -0.450. The number of fused-ring (bicyclic) bond motifs is 1. The Morgan fingerprint density at radius 3 is 2.58 bits per heavy atom. The quantitative estimate of drug-likeness (QED) is 0.734. The van der Waals surface area contributed by atoms with E-state index in [-0.39, 0.29) is 23.9 Å². The minimum Gasteiger partial charge on any atom is -0.440 e. The number of hydrogen-bond acceptors (Lipinski definition) is 4. The standard InChI is InChI=1S/C19H18FN3O3/c1-11(2)19-23-15-9-14(7-8-16(15)26-19)22-17(24)10-21-18(25)12-3-5-13(20)6-4-12/h3-9,11H,10H2,1-2H3,(H,21,25)(H,22,24). The molecule has 6 nitrogen and oxygen atoms in total. The van der Waals surface area contributed by atoms with Gasteiger partial charge in [-0.2, -0.15) is 0 Å². The maximum absolute atomic E-state index is 12.9. The Balaban J connectivity index is 1.60. The summed E-state index contributed by atoms with van der Waals surface area (Å²) in [5, 5.41) is 5.18. The summed E-state index contributed by atoms with van der Waals surface area (Å²) in [6.45, 7) is 3.76. The molecule has 0 aliphatic carbocycles. The van der Waals surface area contributed by atoms with E-state index in [9.17, 15) is 14.0 Å². The first-order valence-electron chi connectivity index (χ1n) is 8.16. The predicted octanol–water partition coefficient (Wildman–Crippen LogP) is 3.46. The van der Waals surface area contributed by atoms with Gasteiger partial charge in [-0.25, -0.2) is 9.37 Å². The number of nitrogens with zero attached hydrogens (tertiary/aromatic N) is 1. The van der Waals surface area contributed by atoms with E-state index in [2.05, 4.69) is 15.6 Å². The number of halogens is 1. The molecule has 0 fully saturated rings. The third-order valence-corrected chi connectivity index (χ3v) is 3.70. The van der Waals surface area contributed by atoms with Crippen LogP contribution in [0.1, 0.15) is 36.0 Å². The van der Waals surface area contributed by atoms with Crippen molar-refractivity contribution in [3.63, 3.8) is 0 Å². The first-order valence-corrected chi connectivity index (χ1v) is 8.16. The van der Waals surface area contributed by atoms with Gasteiger partial charge in [0.25, 0.3) is 5.91 Å².